The lowest BCUT2D eigenvalue weighted by atomic mass is 9.93. The predicted octanol–water partition coefficient (Wildman–Crippen LogP) is 3.27. The van der Waals surface area contributed by atoms with Crippen molar-refractivity contribution in [2.24, 2.45) is 5.41 Å². The van der Waals surface area contributed by atoms with E-state index in [1.165, 1.54) is 11.1 Å². The normalized spacial score (nSPS) is 22.9. The Morgan fingerprint density at radius 2 is 1.64 bits per heavy atom. The van der Waals surface area contributed by atoms with E-state index in [1.807, 2.05) is 29.2 Å². The Morgan fingerprint density at radius 1 is 0.964 bits per heavy atom. The summed E-state index contributed by atoms with van der Waals surface area (Å²) in [4.78, 5) is 17.7. The van der Waals surface area contributed by atoms with Crippen LogP contribution in [0.25, 0.3) is 0 Å². The first-order chi connectivity index (χ1) is 13.5. The zero-order valence-electron chi connectivity index (χ0n) is 16.5. The minimum absolute atomic E-state index is 0.0928. The summed E-state index contributed by atoms with van der Waals surface area (Å²) >= 11 is 0. The number of amides is 1. The van der Waals surface area contributed by atoms with E-state index in [2.05, 4.69) is 43.0 Å². The third kappa shape index (κ3) is 2.77. The molecule has 2 aromatic rings. The molecule has 5 rings (SSSR count). The average molecular weight is 378 g/mol. The van der Waals surface area contributed by atoms with Crippen LogP contribution >= 0.6 is 0 Å². The molecule has 5 nitrogen and oxygen atoms in total. The van der Waals surface area contributed by atoms with Gasteiger partial charge in [0.25, 0.3) is 11.7 Å². The van der Waals surface area contributed by atoms with Crippen molar-refractivity contribution < 1.29 is 14.3 Å². The number of ether oxygens (including phenoxy) is 2. The van der Waals surface area contributed by atoms with Crippen molar-refractivity contribution in [3.8, 4) is 0 Å². The van der Waals surface area contributed by atoms with E-state index in [1.54, 1.807) is 0 Å². The predicted molar refractivity (Wildman–Crippen MR) is 107 cm³/mol. The molecule has 0 bridgehead atoms. The second-order valence-corrected chi connectivity index (χ2v) is 8.82. The van der Waals surface area contributed by atoms with Gasteiger partial charge >= 0.3 is 0 Å². The highest BCUT2D eigenvalue weighted by atomic mass is 16.7. The Bertz CT molecular complexity index is 914. The maximum Gasteiger partial charge on any atom is 0.293 e. The van der Waals surface area contributed by atoms with Crippen molar-refractivity contribution in [2.75, 3.05) is 31.3 Å². The van der Waals surface area contributed by atoms with Crippen LogP contribution in [-0.2, 0) is 33.0 Å². The van der Waals surface area contributed by atoms with Gasteiger partial charge in [-0.25, -0.2) is 0 Å². The van der Waals surface area contributed by atoms with Gasteiger partial charge in [0.2, 0.25) is 0 Å². The molecule has 0 aliphatic carbocycles. The van der Waals surface area contributed by atoms with Crippen LogP contribution in [0.5, 0.6) is 0 Å². The van der Waals surface area contributed by atoms with Gasteiger partial charge in [-0.15, -0.1) is 0 Å². The first-order valence-corrected chi connectivity index (χ1v) is 9.97. The summed E-state index contributed by atoms with van der Waals surface area (Å²) in [5.74, 6) is -1.40. The molecule has 0 saturated carbocycles. The Labute approximate surface area is 165 Å². The molecule has 3 aliphatic rings. The van der Waals surface area contributed by atoms with E-state index in [9.17, 15) is 4.79 Å². The molecule has 1 fully saturated rings. The monoisotopic (exact) mass is 378 g/mol. The Balaban J connectivity index is 1.43. The third-order valence-corrected chi connectivity index (χ3v) is 5.96. The Kier molecular flexibility index (Phi) is 4.09. The summed E-state index contributed by atoms with van der Waals surface area (Å²) in [6, 6.07) is 16.4. The van der Waals surface area contributed by atoms with Crippen molar-refractivity contribution in [1.82, 2.24) is 4.90 Å². The zero-order chi connectivity index (χ0) is 19.4. The van der Waals surface area contributed by atoms with Gasteiger partial charge in [-0.05, 0) is 23.6 Å². The lowest BCUT2D eigenvalue weighted by molar-refractivity contribution is -0.286. The second-order valence-electron chi connectivity index (χ2n) is 8.82. The van der Waals surface area contributed by atoms with Crippen molar-refractivity contribution in [3.63, 3.8) is 0 Å². The molecule has 0 N–H and O–H groups in total. The smallest absolute Gasteiger partial charge is 0.293 e. The number of fused-ring (bicyclic) bond motifs is 3. The standard InChI is InChI=1S/C23H26N2O3/c1-22(2)14-27-23(28-15-22)19-9-5-6-10-20(19)25(21(23)26)16-24-12-11-17-7-3-4-8-18(17)13-24/h3-10H,11-16H2,1-2H3. The zero-order valence-corrected chi connectivity index (χ0v) is 16.5. The summed E-state index contributed by atoms with van der Waals surface area (Å²) in [5, 5.41) is 0. The van der Waals surface area contributed by atoms with E-state index in [0.717, 1.165) is 30.8 Å². The fourth-order valence-electron chi connectivity index (χ4n) is 4.36. The summed E-state index contributed by atoms with van der Waals surface area (Å²) in [5.41, 5.74) is 4.38. The lowest BCUT2D eigenvalue weighted by Crippen LogP contribution is -2.53. The van der Waals surface area contributed by atoms with Gasteiger partial charge < -0.3 is 9.47 Å². The summed E-state index contributed by atoms with van der Waals surface area (Å²) < 4.78 is 12.2. The number of rotatable bonds is 2. The average Bonchev–Trinajstić information content (AvgIpc) is 2.93. The van der Waals surface area contributed by atoms with Crippen LogP contribution in [0, 0.1) is 5.41 Å². The largest absolute Gasteiger partial charge is 0.338 e. The Morgan fingerprint density at radius 3 is 2.43 bits per heavy atom. The number of para-hydroxylation sites is 1. The van der Waals surface area contributed by atoms with Crippen LogP contribution in [-0.4, -0.2) is 37.2 Å². The molecule has 5 heteroatoms. The molecular formula is C23H26N2O3. The van der Waals surface area contributed by atoms with Crippen LogP contribution in [0.1, 0.15) is 30.5 Å². The fraction of sp³-hybridized carbons (Fsp3) is 0.435. The summed E-state index contributed by atoms with van der Waals surface area (Å²) in [6.45, 7) is 7.51. The molecule has 1 amide bonds. The first-order valence-electron chi connectivity index (χ1n) is 9.97. The van der Waals surface area contributed by atoms with Crippen molar-refractivity contribution in [2.45, 2.75) is 32.6 Å². The summed E-state index contributed by atoms with van der Waals surface area (Å²) in [7, 11) is 0. The molecular weight excluding hydrogens is 352 g/mol. The number of benzene rings is 2. The number of carbonyl (C=O) groups is 1. The third-order valence-electron chi connectivity index (χ3n) is 5.96. The van der Waals surface area contributed by atoms with Crippen LogP contribution in [0.4, 0.5) is 5.69 Å². The lowest BCUT2D eigenvalue weighted by Gasteiger charge is -2.40. The number of nitrogens with zero attached hydrogens (tertiary/aromatic N) is 2. The van der Waals surface area contributed by atoms with Gasteiger partial charge in [0.15, 0.2) is 0 Å². The van der Waals surface area contributed by atoms with Gasteiger partial charge in [0.1, 0.15) is 0 Å². The highest BCUT2D eigenvalue weighted by Crippen LogP contribution is 2.47. The number of carbonyl (C=O) groups excluding carboxylic acids is 1. The molecule has 2 aromatic carbocycles. The number of anilines is 1. The highest BCUT2D eigenvalue weighted by Gasteiger charge is 2.56. The maximum atomic E-state index is 13.5. The highest BCUT2D eigenvalue weighted by molar-refractivity contribution is 6.06. The molecule has 1 spiro atoms. The Hall–Kier alpha value is -2.21. The van der Waals surface area contributed by atoms with Crippen molar-refractivity contribution in [1.29, 1.82) is 0 Å². The molecule has 0 radical (unpaired) electrons. The van der Waals surface area contributed by atoms with E-state index in [4.69, 9.17) is 9.47 Å². The van der Waals surface area contributed by atoms with Crippen molar-refractivity contribution in [3.05, 3.63) is 65.2 Å². The molecule has 3 heterocycles. The number of hydrogen-bond acceptors (Lipinski definition) is 4. The van der Waals surface area contributed by atoms with Crippen LogP contribution < -0.4 is 4.90 Å². The molecule has 0 aromatic heterocycles. The van der Waals surface area contributed by atoms with Gasteiger partial charge in [-0.3, -0.25) is 14.6 Å². The van der Waals surface area contributed by atoms with Crippen LogP contribution in [0.15, 0.2) is 48.5 Å². The second kappa shape index (κ2) is 6.41. The summed E-state index contributed by atoms with van der Waals surface area (Å²) in [6.07, 6.45) is 1.01. The SMILES string of the molecule is CC1(C)COC2(OC1)C(=O)N(CN1CCc3ccccc3C1)c1ccccc12. The van der Waals surface area contributed by atoms with Gasteiger partial charge in [-0.1, -0.05) is 56.3 Å². The minimum atomic E-state index is -1.29. The van der Waals surface area contributed by atoms with Gasteiger partial charge in [0, 0.05) is 24.1 Å². The van der Waals surface area contributed by atoms with E-state index < -0.39 is 5.79 Å². The molecule has 3 aliphatic heterocycles. The van der Waals surface area contributed by atoms with Crippen LogP contribution in [0.3, 0.4) is 0 Å². The maximum absolute atomic E-state index is 13.5. The van der Waals surface area contributed by atoms with Crippen LogP contribution in [0.2, 0.25) is 0 Å². The van der Waals surface area contributed by atoms with E-state index in [-0.39, 0.29) is 11.3 Å². The minimum Gasteiger partial charge on any atom is -0.338 e. The topological polar surface area (TPSA) is 42.0 Å². The van der Waals surface area contributed by atoms with Gasteiger partial charge in [0.05, 0.1) is 25.6 Å². The first kappa shape index (κ1) is 17.9. The fourth-order valence-corrected chi connectivity index (χ4v) is 4.36. The van der Waals surface area contributed by atoms with E-state index >= 15 is 0 Å². The van der Waals surface area contributed by atoms with E-state index in [0.29, 0.717) is 19.9 Å². The quantitative estimate of drug-likeness (QED) is 0.804. The molecule has 146 valence electrons. The van der Waals surface area contributed by atoms with Crippen molar-refractivity contribution >= 4 is 11.6 Å². The molecule has 0 atom stereocenters. The molecule has 0 unspecified atom stereocenters. The molecule has 28 heavy (non-hydrogen) atoms. The number of hydrogen-bond donors (Lipinski definition) is 0. The molecule has 1 saturated heterocycles. The van der Waals surface area contributed by atoms with Gasteiger partial charge in [-0.2, -0.15) is 0 Å².